The zero-order valence-corrected chi connectivity index (χ0v) is 9.63. The number of carboxylic acids is 1. The number of benzene rings is 1. The van der Waals surface area contributed by atoms with Gasteiger partial charge in [0.1, 0.15) is 11.9 Å². The van der Waals surface area contributed by atoms with Crippen molar-refractivity contribution in [2.45, 2.75) is 31.8 Å². The average Bonchev–Trinajstić information content (AvgIpc) is 2.25. The largest absolute Gasteiger partial charge is 0.489 e. The van der Waals surface area contributed by atoms with Gasteiger partial charge in [0.15, 0.2) is 0 Å². The second kappa shape index (κ2) is 4.06. The quantitative estimate of drug-likeness (QED) is 0.852. The van der Waals surface area contributed by atoms with Crippen molar-refractivity contribution >= 4 is 5.97 Å². The average molecular weight is 232 g/mol. The Bertz CT molecular complexity index is 437. The van der Waals surface area contributed by atoms with Gasteiger partial charge in [0.25, 0.3) is 0 Å². The molecule has 2 unspecified atom stereocenters. The van der Waals surface area contributed by atoms with Crippen LogP contribution < -0.4 is 4.74 Å². The molecule has 0 aromatic heterocycles. The van der Waals surface area contributed by atoms with Crippen molar-refractivity contribution < 1.29 is 14.6 Å². The van der Waals surface area contributed by atoms with Crippen LogP contribution in [0, 0.1) is 11.8 Å². The Hall–Kier alpha value is -1.51. The molecule has 0 spiro atoms. The maximum Gasteiger partial charge on any atom is 0.310 e. The molecule has 0 radical (unpaired) electrons. The zero-order chi connectivity index (χ0) is 11.8. The first-order chi connectivity index (χ1) is 8.25. The number of aliphatic carboxylic acids is 1. The maximum atomic E-state index is 11.3. The van der Waals surface area contributed by atoms with Crippen LogP contribution in [0.5, 0.6) is 5.75 Å². The van der Waals surface area contributed by atoms with Gasteiger partial charge in [0, 0.05) is 0 Å². The Morgan fingerprint density at radius 3 is 2.71 bits per heavy atom. The van der Waals surface area contributed by atoms with E-state index in [1.54, 1.807) is 0 Å². The predicted octanol–water partition coefficient (Wildman–Crippen LogP) is 2.49. The SMILES string of the molecule is O=C(O)C1Cc2ccccc2OC1C1CCC1. The summed E-state index contributed by atoms with van der Waals surface area (Å²) in [5, 5.41) is 9.32. The van der Waals surface area contributed by atoms with Gasteiger partial charge in [-0.1, -0.05) is 24.6 Å². The molecule has 3 heteroatoms. The topological polar surface area (TPSA) is 46.5 Å². The number of rotatable bonds is 2. The first-order valence-electron chi connectivity index (χ1n) is 6.23. The number of carbonyl (C=O) groups is 1. The van der Waals surface area contributed by atoms with Gasteiger partial charge in [-0.3, -0.25) is 4.79 Å². The highest BCUT2D eigenvalue weighted by Gasteiger charge is 2.41. The van der Waals surface area contributed by atoms with E-state index in [-0.39, 0.29) is 12.0 Å². The molecule has 3 rings (SSSR count). The molecule has 90 valence electrons. The summed E-state index contributed by atoms with van der Waals surface area (Å²) >= 11 is 0. The summed E-state index contributed by atoms with van der Waals surface area (Å²) in [7, 11) is 0. The van der Waals surface area contributed by atoms with Crippen molar-refractivity contribution in [1.29, 1.82) is 0 Å². The van der Waals surface area contributed by atoms with Gasteiger partial charge in [-0.15, -0.1) is 0 Å². The standard InChI is InChI=1S/C14H16O3/c15-14(16)11-8-10-4-1-2-7-12(10)17-13(11)9-5-3-6-9/h1-2,4,7,9,11,13H,3,5-6,8H2,(H,15,16). The van der Waals surface area contributed by atoms with E-state index in [0.717, 1.165) is 24.2 Å². The van der Waals surface area contributed by atoms with Gasteiger partial charge in [-0.05, 0) is 36.8 Å². The molecule has 2 atom stereocenters. The van der Waals surface area contributed by atoms with Crippen molar-refractivity contribution in [2.75, 3.05) is 0 Å². The van der Waals surface area contributed by atoms with E-state index in [1.165, 1.54) is 6.42 Å². The van der Waals surface area contributed by atoms with Crippen LogP contribution in [0.4, 0.5) is 0 Å². The Kier molecular flexibility index (Phi) is 2.54. The molecule has 1 N–H and O–H groups in total. The van der Waals surface area contributed by atoms with Gasteiger partial charge in [-0.25, -0.2) is 0 Å². The zero-order valence-electron chi connectivity index (χ0n) is 9.63. The fraction of sp³-hybridized carbons (Fsp3) is 0.500. The third kappa shape index (κ3) is 1.79. The molecular formula is C14H16O3. The van der Waals surface area contributed by atoms with E-state index in [4.69, 9.17) is 4.74 Å². The second-order valence-corrected chi connectivity index (χ2v) is 5.03. The number of ether oxygens (including phenoxy) is 1. The molecule has 1 aliphatic carbocycles. The molecule has 0 amide bonds. The summed E-state index contributed by atoms with van der Waals surface area (Å²) in [4.78, 5) is 11.3. The first kappa shape index (κ1) is 10.6. The minimum absolute atomic E-state index is 0.129. The van der Waals surface area contributed by atoms with Crippen LogP contribution in [0.2, 0.25) is 0 Å². The number of fused-ring (bicyclic) bond motifs is 1. The Morgan fingerprint density at radius 1 is 1.29 bits per heavy atom. The van der Waals surface area contributed by atoms with Crippen LogP contribution in [-0.4, -0.2) is 17.2 Å². The van der Waals surface area contributed by atoms with E-state index in [2.05, 4.69) is 0 Å². The smallest absolute Gasteiger partial charge is 0.310 e. The molecule has 1 aliphatic heterocycles. The number of carboxylic acid groups (broad SMARTS) is 1. The van der Waals surface area contributed by atoms with E-state index >= 15 is 0 Å². The van der Waals surface area contributed by atoms with Gasteiger partial charge >= 0.3 is 5.97 Å². The van der Waals surface area contributed by atoms with Crippen molar-refractivity contribution in [1.82, 2.24) is 0 Å². The van der Waals surface area contributed by atoms with Crippen LogP contribution in [-0.2, 0) is 11.2 Å². The lowest BCUT2D eigenvalue weighted by molar-refractivity contribution is -0.148. The van der Waals surface area contributed by atoms with Crippen LogP contribution in [0.25, 0.3) is 0 Å². The molecule has 1 heterocycles. The maximum absolute atomic E-state index is 11.3. The van der Waals surface area contributed by atoms with E-state index < -0.39 is 5.97 Å². The molecule has 1 aromatic carbocycles. The highest BCUT2D eigenvalue weighted by Crippen LogP contribution is 2.40. The lowest BCUT2D eigenvalue weighted by atomic mass is 9.74. The number of hydrogen-bond donors (Lipinski definition) is 1. The second-order valence-electron chi connectivity index (χ2n) is 5.03. The first-order valence-corrected chi connectivity index (χ1v) is 6.23. The van der Waals surface area contributed by atoms with E-state index in [1.807, 2.05) is 24.3 Å². The summed E-state index contributed by atoms with van der Waals surface area (Å²) in [5.41, 5.74) is 1.02. The van der Waals surface area contributed by atoms with Crippen LogP contribution in [0.1, 0.15) is 24.8 Å². The predicted molar refractivity (Wildman–Crippen MR) is 63.0 cm³/mol. The summed E-state index contributed by atoms with van der Waals surface area (Å²) in [5.74, 6) is 0.206. The molecule has 0 saturated heterocycles. The molecule has 0 bridgehead atoms. The molecule has 1 aromatic rings. The third-order valence-electron chi connectivity index (χ3n) is 4.00. The highest BCUT2D eigenvalue weighted by molar-refractivity contribution is 5.72. The van der Waals surface area contributed by atoms with Crippen molar-refractivity contribution in [2.24, 2.45) is 11.8 Å². The van der Waals surface area contributed by atoms with Gasteiger partial charge in [0.05, 0.1) is 5.92 Å². The molecule has 1 fully saturated rings. The Morgan fingerprint density at radius 2 is 2.06 bits per heavy atom. The monoisotopic (exact) mass is 232 g/mol. The van der Waals surface area contributed by atoms with Gasteiger partial charge < -0.3 is 9.84 Å². The fourth-order valence-electron chi connectivity index (χ4n) is 2.79. The molecule has 2 aliphatic rings. The lowest BCUT2D eigenvalue weighted by Gasteiger charge is -2.40. The molecular weight excluding hydrogens is 216 g/mol. The van der Waals surface area contributed by atoms with E-state index in [0.29, 0.717) is 12.3 Å². The van der Waals surface area contributed by atoms with Crippen molar-refractivity contribution in [3.63, 3.8) is 0 Å². The summed E-state index contributed by atoms with van der Waals surface area (Å²) < 4.78 is 5.93. The Labute approximate surface area is 100 Å². The van der Waals surface area contributed by atoms with Crippen LogP contribution in [0.3, 0.4) is 0 Å². The van der Waals surface area contributed by atoms with Gasteiger partial charge in [-0.2, -0.15) is 0 Å². The highest BCUT2D eigenvalue weighted by atomic mass is 16.5. The lowest BCUT2D eigenvalue weighted by Crippen LogP contribution is -2.45. The van der Waals surface area contributed by atoms with Crippen molar-refractivity contribution in [3.8, 4) is 5.75 Å². The molecule has 17 heavy (non-hydrogen) atoms. The summed E-state index contributed by atoms with van der Waals surface area (Å²) in [6.07, 6.45) is 3.90. The summed E-state index contributed by atoms with van der Waals surface area (Å²) in [6.45, 7) is 0. The minimum Gasteiger partial charge on any atom is -0.489 e. The normalized spacial score (nSPS) is 27.8. The molecule has 1 saturated carbocycles. The minimum atomic E-state index is -0.726. The summed E-state index contributed by atoms with van der Waals surface area (Å²) in [6, 6.07) is 7.78. The number of para-hydroxylation sites is 1. The third-order valence-corrected chi connectivity index (χ3v) is 4.00. The number of hydrogen-bond acceptors (Lipinski definition) is 2. The van der Waals surface area contributed by atoms with Crippen molar-refractivity contribution in [3.05, 3.63) is 29.8 Å². The fourth-order valence-corrected chi connectivity index (χ4v) is 2.79. The van der Waals surface area contributed by atoms with Crippen LogP contribution in [0.15, 0.2) is 24.3 Å². The van der Waals surface area contributed by atoms with Gasteiger partial charge in [0.2, 0.25) is 0 Å². The Balaban J connectivity index is 1.90. The van der Waals surface area contributed by atoms with E-state index in [9.17, 15) is 9.90 Å². The van der Waals surface area contributed by atoms with Crippen LogP contribution >= 0.6 is 0 Å². The molecule has 3 nitrogen and oxygen atoms in total.